The van der Waals surface area contributed by atoms with E-state index in [0.29, 0.717) is 30.8 Å². The number of halogens is 1. The quantitative estimate of drug-likeness (QED) is 0.688. The van der Waals surface area contributed by atoms with Gasteiger partial charge >= 0.3 is 0 Å². The Morgan fingerprint density at radius 2 is 1.71 bits per heavy atom. The van der Waals surface area contributed by atoms with Crippen LogP contribution in [0.5, 0.6) is 5.75 Å². The number of benzene rings is 2. The molecule has 0 bridgehead atoms. The summed E-state index contributed by atoms with van der Waals surface area (Å²) in [5.74, 6) is 0.654. The molecule has 0 aromatic heterocycles. The molecule has 0 unspecified atom stereocenters. The van der Waals surface area contributed by atoms with Gasteiger partial charge in [0, 0.05) is 48.9 Å². The highest BCUT2D eigenvalue weighted by molar-refractivity contribution is 6.30. The number of anilines is 1. The van der Waals surface area contributed by atoms with Gasteiger partial charge in [0.1, 0.15) is 5.75 Å². The first-order valence-electron chi connectivity index (χ1n) is 9.53. The average molecular weight is 401 g/mol. The van der Waals surface area contributed by atoms with E-state index in [0.717, 1.165) is 23.8 Å². The number of aryl methyl sites for hydroxylation is 1. The number of hydrogen-bond donors (Lipinski definition) is 0. The molecule has 148 valence electrons. The summed E-state index contributed by atoms with van der Waals surface area (Å²) in [5, 5.41) is 0.721. The summed E-state index contributed by atoms with van der Waals surface area (Å²) >= 11 is 6.12. The molecule has 0 spiro atoms. The van der Waals surface area contributed by atoms with Crippen LogP contribution in [0.2, 0.25) is 5.02 Å². The number of ketones is 1. The molecule has 6 heteroatoms. The van der Waals surface area contributed by atoms with Crippen molar-refractivity contribution in [1.29, 1.82) is 0 Å². The molecule has 0 radical (unpaired) electrons. The SMILES string of the molecule is CCC(=O)c1ccc(OCC(=O)N2CCN(c3cc(Cl)ccc3C)CC2)cc1. The zero-order chi connectivity index (χ0) is 20.1. The largest absolute Gasteiger partial charge is 0.484 e. The number of Topliss-reactive ketones (excluding diaryl/α,β-unsaturated/α-hetero) is 1. The fourth-order valence-corrected chi connectivity index (χ4v) is 3.46. The van der Waals surface area contributed by atoms with Crippen LogP contribution in [0.4, 0.5) is 5.69 Å². The van der Waals surface area contributed by atoms with Crippen LogP contribution in [0.3, 0.4) is 0 Å². The van der Waals surface area contributed by atoms with E-state index < -0.39 is 0 Å². The molecule has 0 N–H and O–H groups in total. The minimum absolute atomic E-state index is 0.00271. The van der Waals surface area contributed by atoms with Gasteiger partial charge in [-0.15, -0.1) is 0 Å². The van der Waals surface area contributed by atoms with E-state index >= 15 is 0 Å². The zero-order valence-corrected chi connectivity index (χ0v) is 17.0. The molecule has 28 heavy (non-hydrogen) atoms. The number of ether oxygens (including phenoxy) is 1. The Labute approximate surface area is 170 Å². The Bertz CT molecular complexity index is 843. The molecule has 5 nitrogen and oxygen atoms in total. The fraction of sp³-hybridized carbons (Fsp3) is 0.364. The molecule has 0 atom stereocenters. The normalized spacial score (nSPS) is 14.1. The van der Waals surface area contributed by atoms with Crippen molar-refractivity contribution in [3.63, 3.8) is 0 Å². The van der Waals surface area contributed by atoms with E-state index in [9.17, 15) is 9.59 Å². The smallest absolute Gasteiger partial charge is 0.260 e. The van der Waals surface area contributed by atoms with Crippen molar-refractivity contribution in [1.82, 2.24) is 4.90 Å². The Hall–Kier alpha value is -2.53. The van der Waals surface area contributed by atoms with Crippen LogP contribution >= 0.6 is 11.6 Å². The number of amides is 1. The molecular weight excluding hydrogens is 376 g/mol. The summed E-state index contributed by atoms with van der Waals surface area (Å²) in [6.07, 6.45) is 0.472. The Morgan fingerprint density at radius 1 is 1.04 bits per heavy atom. The van der Waals surface area contributed by atoms with E-state index in [1.54, 1.807) is 24.3 Å². The topological polar surface area (TPSA) is 49.9 Å². The van der Waals surface area contributed by atoms with Gasteiger partial charge in [-0.1, -0.05) is 24.6 Å². The molecule has 3 rings (SSSR count). The van der Waals surface area contributed by atoms with Crippen molar-refractivity contribution >= 4 is 29.0 Å². The molecule has 2 aromatic rings. The lowest BCUT2D eigenvalue weighted by molar-refractivity contribution is -0.133. The highest BCUT2D eigenvalue weighted by atomic mass is 35.5. The minimum atomic E-state index is -0.0313. The first kappa shape index (κ1) is 20.2. The third kappa shape index (κ3) is 4.84. The zero-order valence-electron chi connectivity index (χ0n) is 16.3. The van der Waals surface area contributed by atoms with Crippen LogP contribution in [0.1, 0.15) is 29.3 Å². The van der Waals surface area contributed by atoms with E-state index in [1.807, 2.05) is 30.0 Å². The highest BCUT2D eigenvalue weighted by Gasteiger charge is 2.22. The van der Waals surface area contributed by atoms with E-state index in [2.05, 4.69) is 11.8 Å². The maximum atomic E-state index is 12.5. The third-order valence-electron chi connectivity index (χ3n) is 5.00. The summed E-state index contributed by atoms with van der Waals surface area (Å²) in [5.41, 5.74) is 2.96. The van der Waals surface area contributed by atoms with Gasteiger partial charge in [-0.3, -0.25) is 9.59 Å². The molecule has 1 amide bonds. The van der Waals surface area contributed by atoms with Gasteiger partial charge in [-0.25, -0.2) is 0 Å². The van der Waals surface area contributed by atoms with Gasteiger partial charge < -0.3 is 14.5 Å². The van der Waals surface area contributed by atoms with Crippen molar-refractivity contribution in [2.45, 2.75) is 20.3 Å². The second-order valence-electron chi connectivity index (χ2n) is 6.89. The number of hydrogen-bond acceptors (Lipinski definition) is 4. The van der Waals surface area contributed by atoms with Crippen molar-refractivity contribution in [2.24, 2.45) is 0 Å². The van der Waals surface area contributed by atoms with Gasteiger partial charge in [0.05, 0.1) is 0 Å². The van der Waals surface area contributed by atoms with E-state index in [4.69, 9.17) is 16.3 Å². The predicted molar refractivity (Wildman–Crippen MR) is 112 cm³/mol. The lowest BCUT2D eigenvalue weighted by Crippen LogP contribution is -2.50. The number of piperazine rings is 1. The summed E-state index contributed by atoms with van der Waals surface area (Å²) in [7, 11) is 0. The molecule has 1 aliphatic heterocycles. The number of nitrogens with zero attached hydrogens (tertiary/aromatic N) is 2. The fourth-order valence-electron chi connectivity index (χ4n) is 3.30. The Morgan fingerprint density at radius 3 is 2.36 bits per heavy atom. The van der Waals surface area contributed by atoms with Gasteiger partial charge in [-0.05, 0) is 48.9 Å². The van der Waals surface area contributed by atoms with Crippen molar-refractivity contribution in [3.8, 4) is 5.75 Å². The molecule has 1 fully saturated rings. The Kier molecular flexibility index (Phi) is 6.57. The third-order valence-corrected chi connectivity index (χ3v) is 5.24. The summed E-state index contributed by atoms with van der Waals surface area (Å²) in [6.45, 7) is 6.73. The maximum Gasteiger partial charge on any atom is 0.260 e. The maximum absolute atomic E-state index is 12.5. The van der Waals surface area contributed by atoms with Gasteiger partial charge in [-0.2, -0.15) is 0 Å². The first-order valence-corrected chi connectivity index (χ1v) is 9.90. The molecular formula is C22H25ClN2O3. The predicted octanol–water partition coefficient (Wildman–Crippen LogP) is 3.97. The lowest BCUT2D eigenvalue weighted by Gasteiger charge is -2.36. The van der Waals surface area contributed by atoms with Gasteiger partial charge in [0.2, 0.25) is 0 Å². The van der Waals surface area contributed by atoms with Crippen LogP contribution in [-0.2, 0) is 4.79 Å². The number of carbonyl (C=O) groups excluding carboxylic acids is 2. The van der Waals surface area contributed by atoms with Crippen LogP contribution in [0, 0.1) is 6.92 Å². The van der Waals surface area contributed by atoms with Gasteiger partial charge in [0.15, 0.2) is 12.4 Å². The highest BCUT2D eigenvalue weighted by Crippen LogP contribution is 2.25. The second kappa shape index (κ2) is 9.11. The first-order chi connectivity index (χ1) is 13.5. The van der Waals surface area contributed by atoms with E-state index in [1.165, 1.54) is 5.56 Å². The average Bonchev–Trinajstić information content (AvgIpc) is 2.73. The van der Waals surface area contributed by atoms with E-state index in [-0.39, 0.29) is 18.3 Å². The lowest BCUT2D eigenvalue weighted by atomic mass is 10.1. The van der Waals surface area contributed by atoms with Crippen LogP contribution in [-0.4, -0.2) is 49.4 Å². The summed E-state index contributed by atoms with van der Waals surface area (Å²) in [6, 6.07) is 12.8. The molecule has 2 aromatic carbocycles. The summed E-state index contributed by atoms with van der Waals surface area (Å²) in [4.78, 5) is 28.2. The monoisotopic (exact) mass is 400 g/mol. The molecule has 1 saturated heterocycles. The van der Waals surface area contributed by atoms with Crippen LogP contribution in [0.25, 0.3) is 0 Å². The van der Waals surface area contributed by atoms with Crippen molar-refractivity contribution in [2.75, 3.05) is 37.7 Å². The number of rotatable bonds is 6. The van der Waals surface area contributed by atoms with Crippen molar-refractivity contribution < 1.29 is 14.3 Å². The van der Waals surface area contributed by atoms with Crippen LogP contribution in [0.15, 0.2) is 42.5 Å². The van der Waals surface area contributed by atoms with Gasteiger partial charge in [0.25, 0.3) is 5.91 Å². The van der Waals surface area contributed by atoms with Crippen molar-refractivity contribution in [3.05, 3.63) is 58.6 Å². The summed E-state index contributed by atoms with van der Waals surface area (Å²) < 4.78 is 5.60. The second-order valence-corrected chi connectivity index (χ2v) is 7.32. The molecule has 1 aliphatic rings. The van der Waals surface area contributed by atoms with Crippen LogP contribution < -0.4 is 9.64 Å². The minimum Gasteiger partial charge on any atom is -0.484 e. The Balaban J connectivity index is 1.50. The molecule has 0 saturated carbocycles. The standard InChI is InChI=1S/C22H25ClN2O3/c1-3-21(26)17-5-8-19(9-6-17)28-15-22(27)25-12-10-24(11-13-25)20-14-18(23)7-4-16(20)2/h4-9,14H,3,10-13,15H2,1-2H3. The molecule has 1 heterocycles. The molecule has 0 aliphatic carbocycles. The number of carbonyl (C=O) groups is 2.